The van der Waals surface area contributed by atoms with Gasteiger partial charge in [0.2, 0.25) is 0 Å². The summed E-state index contributed by atoms with van der Waals surface area (Å²) < 4.78 is 0. The van der Waals surface area contributed by atoms with Gasteiger partial charge in [-0.15, -0.1) is 0 Å². The zero-order valence-electron chi connectivity index (χ0n) is 12.3. The molecule has 0 radical (unpaired) electrons. The predicted molar refractivity (Wildman–Crippen MR) is 85.4 cm³/mol. The van der Waals surface area contributed by atoms with Crippen molar-refractivity contribution in [2.75, 3.05) is 0 Å². The van der Waals surface area contributed by atoms with Crippen LogP contribution in [0.1, 0.15) is 22.6 Å². The molecule has 1 aliphatic carbocycles. The molecule has 0 saturated carbocycles. The van der Waals surface area contributed by atoms with Gasteiger partial charge >= 0.3 is 11.9 Å². The summed E-state index contributed by atoms with van der Waals surface area (Å²) in [6, 6.07) is 16.3. The van der Waals surface area contributed by atoms with Crippen molar-refractivity contribution in [3.8, 4) is 0 Å². The molecule has 23 heavy (non-hydrogen) atoms. The van der Waals surface area contributed by atoms with Gasteiger partial charge in [0.05, 0.1) is 0 Å². The standard InChI is InChI=1S/C19H16O4/c20-17(21)15-10-11-19(18(22)23,12-13-6-2-1-3-7-13)16-9-5-4-8-14(15)16/h1-11,15H,12H2,(H,20,21)(H,22,23)/t15-,19-/m1/s1. The third-order valence-corrected chi connectivity index (χ3v) is 4.32. The minimum absolute atomic E-state index is 0.281. The summed E-state index contributed by atoms with van der Waals surface area (Å²) in [5.41, 5.74) is 0.736. The first-order valence-corrected chi connectivity index (χ1v) is 7.33. The lowest BCUT2D eigenvalue weighted by Gasteiger charge is -2.33. The van der Waals surface area contributed by atoms with Crippen molar-refractivity contribution in [1.29, 1.82) is 0 Å². The number of fused-ring (bicyclic) bond motifs is 1. The van der Waals surface area contributed by atoms with Gasteiger partial charge < -0.3 is 10.2 Å². The Balaban J connectivity index is 2.16. The Bertz CT molecular complexity index is 779. The number of carbonyl (C=O) groups is 2. The summed E-state index contributed by atoms with van der Waals surface area (Å²) in [6.45, 7) is 0. The maximum Gasteiger partial charge on any atom is 0.318 e. The lowest BCUT2D eigenvalue weighted by atomic mass is 9.68. The molecule has 2 atom stereocenters. The molecule has 2 aromatic rings. The number of rotatable bonds is 4. The highest BCUT2D eigenvalue weighted by Gasteiger charge is 2.44. The number of carboxylic acids is 2. The van der Waals surface area contributed by atoms with E-state index in [1.54, 1.807) is 24.3 Å². The summed E-state index contributed by atoms with van der Waals surface area (Å²) in [5, 5.41) is 19.3. The van der Waals surface area contributed by atoms with Gasteiger partial charge in [-0.3, -0.25) is 9.59 Å². The van der Waals surface area contributed by atoms with Crippen LogP contribution >= 0.6 is 0 Å². The average Bonchev–Trinajstić information content (AvgIpc) is 2.55. The summed E-state index contributed by atoms with van der Waals surface area (Å²) in [5.74, 6) is -2.77. The molecule has 4 heteroatoms. The molecule has 0 fully saturated rings. The number of hydrogen-bond donors (Lipinski definition) is 2. The molecule has 0 aliphatic heterocycles. The number of aliphatic carboxylic acids is 2. The largest absolute Gasteiger partial charge is 0.481 e. The maximum absolute atomic E-state index is 12.1. The van der Waals surface area contributed by atoms with Crippen LogP contribution in [0.2, 0.25) is 0 Å². The van der Waals surface area contributed by atoms with Crippen LogP contribution in [0.15, 0.2) is 66.7 Å². The van der Waals surface area contributed by atoms with Crippen molar-refractivity contribution in [2.24, 2.45) is 0 Å². The van der Waals surface area contributed by atoms with E-state index in [1.807, 2.05) is 30.3 Å². The normalized spacial score (nSPS) is 22.3. The lowest BCUT2D eigenvalue weighted by Crippen LogP contribution is -2.40. The van der Waals surface area contributed by atoms with Crippen molar-refractivity contribution < 1.29 is 19.8 Å². The van der Waals surface area contributed by atoms with E-state index in [9.17, 15) is 19.8 Å². The maximum atomic E-state index is 12.1. The van der Waals surface area contributed by atoms with Gasteiger partial charge in [0.25, 0.3) is 0 Å². The van der Waals surface area contributed by atoms with E-state index in [-0.39, 0.29) is 6.42 Å². The Morgan fingerprint density at radius 3 is 2.26 bits per heavy atom. The highest BCUT2D eigenvalue weighted by atomic mass is 16.4. The molecule has 4 nitrogen and oxygen atoms in total. The Labute approximate surface area is 133 Å². The van der Waals surface area contributed by atoms with Crippen LogP contribution in [0.5, 0.6) is 0 Å². The average molecular weight is 308 g/mol. The molecular formula is C19H16O4. The van der Waals surface area contributed by atoms with Gasteiger partial charge in [-0.05, 0) is 23.1 Å². The van der Waals surface area contributed by atoms with E-state index in [0.29, 0.717) is 11.1 Å². The first-order chi connectivity index (χ1) is 11.0. The Kier molecular flexibility index (Phi) is 3.74. The second-order valence-corrected chi connectivity index (χ2v) is 5.70. The molecule has 0 spiro atoms. The fourth-order valence-electron chi connectivity index (χ4n) is 3.18. The van der Waals surface area contributed by atoms with Crippen molar-refractivity contribution in [3.05, 3.63) is 83.4 Å². The second-order valence-electron chi connectivity index (χ2n) is 5.70. The molecule has 0 saturated heterocycles. The van der Waals surface area contributed by atoms with E-state index < -0.39 is 23.3 Å². The van der Waals surface area contributed by atoms with Crippen LogP contribution in [0.4, 0.5) is 0 Å². The fourth-order valence-corrected chi connectivity index (χ4v) is 3.18. The van der Waals surface area contributed by atoms with Crippen molar-refractivity contribution in [2.45, 2.75) is 17.8 Å². The molecule has 0 aromatic heterocycles. The molecule has 0 bridgehead atoms. The van der Waals surface area contributed by atoms with E-state index in [2.05, 4.69) is 0 Å². The number of benzene rings is 2. The van der Waals surface area contributed by atoms with Crippen LogP contribution in [0.25, 0.3) is 0 Å². The van der Waals surface area contributed by atoms with Crippen LogP contribution in [0.3, 0.4) is 0 Å². The van der Waals surface area contributed by atoms with Gasteiger partial charge in [-0.2, -0.15) is 0 Å². The van der Waals surface area contributed by atoms with E-state index in [1.165, 1.54) is 12.2 Å². The molecule has 0 heterocycles. The third kappa shape index (κ3) is 2.52. The molecule has 0 amide bonds. The van der Waals surface area contributed by atoms with Crippen LogP contribution in [-0.2, 0) is 21.4 Å². The molecule has 3 rings (SSSR count). The minimum atomic E-state index is -1.25. The molecular weight excluding hydrogens is 292 g/mol. The van der Waals surface area contributed by atoms with Crippen LogP contribution < -0.4 is 0 Å². The fraction of sp³-hybridized carbons (Fsp3) is 0.158. The Morgan fingerprint density at radius 2 is 1.61 bits per heavy atom. The first-order valence-electron chi connectivity index (χ1n) is 7.33. The molecule has 2 aromatic carbocycles. The summed E-state index contributed by atoms with van der Waals surface area (Å²) in [7, 11) is 0. The summed E-state index contributed by atoms with van der Waals surface area (Å²) in [6.07, 6.45) is 3.30. The smallest absolute Gasteiger partial charge is 0.318 e. The van der Waals surface area contributed by atoms with Crippen molar-refractivity contribution >= 4 is 11.9 Å². The van der Waals surface area contributed by atoms with Crippen LogP contribution in [-0.4, -0.2) is 22.2 Å². The Hall–Kier alpha value is -2.88. The van der Waals surface area contributed by atoms with Crippen molar-refractivity contribution in [3.63, 3.8) is 0 Å². The molecule has 116 valence electrons. The zero-order chi connectivity index (χ0) is 16.4. The highest BCUT2D eigenvalue weighted by molar-refractivity contribution is 5.89. The summed E-state index contributed by atoms with van der Waals surface area (Å²) in [4.78, 5) is 23.6. The minimum Gasteiger partial charge on any atom is -0.481 e. The third-order valence-electron chi connectivity index (χ3n) is 4.32. The zero-order valence-corrected chi connectivity index (χ0v) is 12.3. The van der Waals surface area contributed by atoms with Gasteiger partial charge in [0.15, 0.2) is 0 Å². The first kappa shape index (κ1) is 15.0. The van der Waals surface area contributed by atoms with Gasteiger partial charge in [-0.1, -0.05) is 66.7 Å². The molecule has 2 N–H and O–H groups in total. The molecule has 1 aliphatic rings. The van der Waals surface area contributed by atoms with E-state index >= 15 is 0 Å². The topological polar surface area (TPSA) is 74.6 Å². The summed E-state index contributed by atoms with van der Waals surface area (Å²) >= 11 is 0. The van der Waals surface area contributed by atoms with E-state index in [4.69, 9.17) is 0 Å². The lowest BCUT2D eigenvalue weighted by molar-refractivity contribution is -0.142. The number of hydrogen-bond acceptors (Lipinski definition) is 2. The highest BCUT2D eigenvalue weighted by Crippen LogP contribution is 2.40. The monoisotopic (exact) mass is 308 g/mol. The SMILES string of the molecule is O=C(O)[C@@H]1C=C[C@](Cc2ccccc2)(C(=O)O)c2ccccc21. The van der Waals surface area contributed by atoms with E-state index in [0.717, 1.165) is 5.56 Å². The number of carboxylic acid groups (broad SMARTS) is 2. The van der Waals surface area contributed by atoms with Crippen LogP contribution in [0, 0.1) is 0 Å². The van der Waals surface area contributed by atoms with Gasteiger partial charge in [-0.25, -0.2) is 0 Å². The van der Waals surface area contributed by atoms with Gasteiger partial charge in [0.1, 0.15) is 11.3 Å². The van der Waals surface area contributed by atoms with Crippen molar-refractivity contribution in [1.82, 2.24) is 0 Å². The second kappa shape index (κ2) is 5.72. The quantitative estimate of drug-likeness (QED) is 0.852. The molecule has 0 unspecified atom stereocenters. The predicted octanol–water partition coefficient (Wildman–Crippen LogP) is 2.99. The Morgan fingerprint density at radius 1 is 0.957 bits per heavy atom. The van der Waals surface area contributed by atoms with Gasteiger partial charge in [0, 0.05) is 0 Å².